The molecule has 0 bridgehead atoms. The number of nitrogens with zero attached hydrogens (tertiary/aromatic N) is 5. The topological polar surface area (TPSA) is 83.2 Å². The fourth-order valence-corrected chi connectivity index (χ4v) is 2.26. The molecule has 1 atom stereocenters. The van der Waals surface area contributed by atoms with E-state index in [4.69, 9.17) is 5.73 Å². The maximum Gasteiger partial charge on any atom is 0.229 e. The first kappa shape index (κ1) is 14.0. The molecule has 7 nitrogen and oxygen atoms in total. The first-order chi connectivity index (χ1) is 9.06. The number of aromatic nitrogens is 3. The van der Waals surface area contributed by atoms with E-state index in [-0.39, 0.29) is 5.95 Å². The van der Waals surface area contributed by atoms with Gasteiger partial charge in [-0.2, -0.15) is 15.0 Å². The molecule has 3 N–H and O–H groups in total. The van der Waals surface area contributed by atoms with Crippen LogP contribution in [0.3, 0.4) is 0 Å². The van der Waals surface area contributed by atoms with E-state index < -0.39 is 0 Å². The summed E-state index contributed by atoms with van der Waals surface area (Å²) in [6, 6.07) is 0.537. The lowest BCUT2D eigenvalue weighted by Crippen LogP contribution is -2.44. The summed E-state index contributed by atoms with van der Waals surface area (Å²) in [4.78, 5) is 16.9. The SMILES string of the molecule is CN(C)c1nc(N)nc(CN(C)C2CCCNC2)n1. The van der Waals surface area contributed by atoms with Crippen molar-refractivity contribution >= 4 is 11.9 Å². The highest BCUT2D eigenvalue weighted by atomic mass is 15.3. The van der Waals surface area contributed by atoms with Gasteiger partial charge in [0.2, 0.25) is 11.9 Å². The maximum absolute atomic E-state index is 5.73. The van der Waals surface area contributed by atoms with Gasteiger partial charge in [0.15, 0.2) is 0 Å². The number of rotatable bonds is 4. The monoisotopic (exact) mass is 265 g/mol. The summed E-state index contributed by atoms with van der Waals surface area (Å²) in [5.41, 5.74) is 5.73. The smallest absolute Gasteiger partial charge is 0.229 e. The van der Waals surface area contributed by atoms with Crippen LogP contribution in [0.1, 0.15) is 18.7 Å². The minimum atomic E-state index is 0.281. The van der Waals surface area contributed by atoms with E-state index in [0.29, 0.717) is 18.5 Å². The summed E-state index contributed by atoms with van der Waals surface area (Å²) in [5, 5.41) is 3.41. The summed E-state index contributed by atoms with van der Waals surface area (Å²) in [6.07, 6.45) is 2.43. The Kier molecular flexibility index (Phi) is 4.49. The van der Waals surface area contributed by atoms with Crippen molar-refractivity contribution in [2.45, 2.75) is 25.4 Å². The lowest BCUT2D eigenvalue weighted by molar-refractivity contribution is 0.192. The Morgan fingerprint density at radius 3 is 2.68 bits per heavy atom. The molecule has 1 unspecified atom stereocenters. The van der Waals surface area contributed by atoms with Crippen LogP contribution >= 0.6 is 0 Å². The van der Waals surface area contributed by atoms with Crippen LogP contribution in [0.25, 0.3) is 0 Å². The van der Waals surface area contributed by atoms with Crippen LogP contribution in [0.15, 0.2) is 0 Å². The molecule has 0 aliphatic carbocycles. The van der Waals surface area contributed by atoms with Gasteiger partial charge in [-0.25, -0.2) is 0 Å². The van der Waals surface area contributed by atoms with Gasteiger partial charge in [0.05, 0.1) is 6.54 Å². The van der Waals surface area contributed by atoms with E-state index in [2.05, 4.69) is 32.2 Å². The predicted octanol–water partition coefficient (Wildman–Crippen LogP) is -0.296. The number of likely N-dealkylation sites (N-methyl/N-ethyl adjacent to an activating group) is 1. The van der Waals surface area contributed by atoms with Crippen LogP contribution in [0.5, 0.6) is 0 Å². The Balaban J connectivity index is 2.05. The van der Waals surface area contributed by atoms with Gasteiger partial charge < -0.3 is 16.0 Å². The van der Waals surface area contributed by atoms with Crippen molar-refractivity contribution in [1.82, 2.24) is 25.2 Å². The molecule has 1 aromatic heterocycles. The maximum atomic E-state index is 5.73. The van der Waals surface area contributed by atoms with E-state index >= 15 is 0 Å². The van der Waals surface area contributed by atoms with Gasteiger partial charge in [-0.15, -0.1) is 0 Å². The number of nitrogen functional groups attached to an aromatic ring is 1. The number of anilines is 2. The largest absolute Gasteiger partial charge is 0.368 e. The third-order valence-corrected chi connectivity index (χ3v) is 3.37. The average molecular weight is 265 g/mol. The fourth-order valence-electron chi connectivity index (χ4n) is 2.26. The van der Waals surface area contributed by atoms with Crippen molar-refractivity contribution < 1.29 is 0 Å². The Labute approximate surface area is 114 Å². The predicted molar refractivity (Wildman–Crippen MR) is 75.9 cm³/mol. The number of nitrogens with one attached hydrogen (secondary N) is 1. The van der Waals surface area contributed by atoms with Gasteiger partial charge in [0.1, 0.15) is 5.82 Å². The summed E-state index contributed by atoms with van der Waals surface area (Å²) < 4.78 is 0. The average Bonchev–Trinajstić information content (AvgIpc) is 2.39. The molecule has 2 heterocycles. The first-order valence-electron chi connectivity index (χ1n) is 6.65. The summed E-state index contributed by atoms with van der Waals surface area (Å²) in [5.74, 6) is 1.62. The van der Waals surface area contributed by atoms with Gasteiger partial charge in [-0.3, -0.25) is 4.90 Å². The van der Waals surface area contributed by atoms with Crippen LogP contribution in [-0.2, 0) is 6.54 Å². The van der Waals surface area contributed by atoms with Crippen molar-refractivity contribution in [3.05, 3.63) is 5.82 Å². The minimum Gasteiger partial charge on any atom is -0.368 e. The van der Waals surface area contributed by atoms with Gasteiger partial charge in [-0.1, -0.05) is 0 Å². The highest BCUT2D eigenvalue weighted by Crippen LogP contribution is 2.12. The number of hydrogen-bond donors (Lipinski definition) is 2. The van der Waals surface area contributed by atoms with E-state index in [0.717, 1.165) is 18.9 Å². The van der Waals surface area contributed by atoms with Crippen LogP contribution in [0.2, 0.25) is 0 Å². The number of piperidine rings is 1. The van der Waals surface area contributed by atoms with Crippen LogP contribution in [0.4, 0.5) is 11.9 Å². The van der Waals surface area contributed by atoms with Crippen molar-refractivity contribution in [3.8, 4) is 0 Å². The highest BCUT2D eigenvalue weighted by molar-refractivity contribution is 5.32. The van der Waals surface area contributed by atoms with E-state index in [1.165, 1.54) is 12.8 Å². The molecule has 0 radical (unpaired) electrons. The Morgan fingerprint density at radius 2 is 2.05 bits per heavy atom. The molecule has 2 rings (SSSR count). The molecule has 1 aliphatic heterocycles. The molecule has 0 amide bonds. The fraction of sp³-hybridized carbons (Fsp3) is 0.750. The molecule has 1 saturated heterocycles. The van der Waals surface area contributed by atoms with Gasteiger partial charge in [0.25, 0.3) is 0 Å². The second-order valence-corrected chi connectivity index (χ2v) is 5.22. The summed E-state index contributed by atoms with van der Waals surface area (Å²) in [7, 11) is 5.90. The molecule has 0 saturated carbocycles. The van der Waals surface area contributed by atoms with E-state index in [1.807, 2.05) is 19.0 Å². The minimum absolute atomic E-state index is 0.281. The summed E-state index contributed by atoms with van der Waals surface area (Å²) in [6.45, 7) is 2.84. The molecule has 106 valence electrons. The van der Waals surface area contributed by atoms with E-state index in [1.54, 1.807) is 0 Å². The Bertz CT molecular complexity index is 415. The zero-order valence-electron chi connectivity index (χ0n) is 11.9. The van der Waals surface area contributed by atoms with Crippen molar-refractivity contribution in [3.63, 3.8) is 0 Å². The Hall–Kier alpha value is -1.47. The lowest BCUT2D eigenvalue weighted by Gasteiger charge is -2.31. The zero-order chi connectivity index (χ0) is 13.8. The number of hydrogen-bond acceptors (Lipinski definition) is 7. The van der Waals surface area contributed by atoms with Gasteiger partial charge in [-0.05, 0) is 26.4 Å². The molecular weight excluding hydrogens is 242 g/mol. The van der Waals surface area contributed by atoms with Gasteiger partial charge >= 0.3 is 0 Å². The van der Waals surface area contributed by atoms with Gasteiger partial charge in [0, 0.05) is 26.7 Å². The molecule has 0 aromatic carbocycles. The molecule has 19 heavy (non-hydrogen) atoms. The molecule has 7 heteroatoms. The lowest BCUT2D eigenvalue weighted by atomic mass is 10.1. The second kappa shape index (κ2) is 6.12. The molecule has 0 spiro atoms. The summed E-state index contributed by atoms with van der Waals surface area (Å²) >= 11 is 0. The van der Waals surface area contributed by atoms with E-state index in [9.17, 15) is 0 Å². The van der Waals surface area contributed by atoms with Crippen LogP contribution in [-0.4, -0.2) is 60.1 Å². The normalized spacial score (nSPS) is 19.7. The first-order valence-corrected chi connectivity index (χ1v) is 6.65. The third-order valence-electron chi connectivity index (χ3n) is 3.37. The second-order valence-electron chi connectivity index (χ2n) is 5.22. The third kappa shape index (κ3) is 3.74. The van der Waals surface area contributed by atoms with Crippen molar-refractivity contribution in [2.75, 3.05) is 44.9 Å². The standard InChI is InChI=1S/C12H23N7/c1-18(2)12-16-10(15-11(13)17-12)8-19(3)9-5-4-6-14-7-9/h9,14H,4-8H2,1-3H3,(H2,13,15,16,17). The molecule has 1 aromatic rings. The quantitative estimate of drug-likeness (QED) is 0.773. The highest BCUT2D eigenvalue weighted by Gasteiger charge is 2.19. The molecule has 1 aliphatic rings. The van der Waals surface area contributed by atoms with Crippen LogP contribution in [0, 0.1) is 0 Å². The van der Waals surface area contributed by atoms with Crippen molar-refractivity contribution in [2.24, 2.45) is 0 Å². The van der Waals surface area contributed by atoms with Crippen molar-refractivity contribution in [1.29, 1.82) is 0 Å². The Morgan fingerprint density at radius 1 is 1.26 bits per heavy atom. The molecule has 1 fully saturated rings. The number of nitrogens with two attached hydrogens (primary N) is 1. The van der Waals surface area contributed by atoms with Crippen LogP contribution < -0.4 is 16.0 Å². The zero-order valence-corrected chi connectivity index (χ0v) is 11.9. The molecular formula is C12H23N7.